The van der Waals surface area contributed by atoms with Crippen LogP contribution in [0.15, 0.2) is 54.6 Å². The number of aromatic hydroxyl groups is 2. The molecular formula is C20H12N2O6. The average molecular weight is 376 g/mol. The lowest BCUT2D eigenvalue weighted by atomic mass is 9.82. The molecule has 0 heterocycles. The van der Waals surface area contributed by atoms with E-state index in [1.165, 1.54) is 12.1 Å². The van der Waals surface area contributed by atoms with E-state index in [0.29, 0.717) is 5.69 Å². The molecule has 0 saturated heterocycles. The number of nitrogens with zero attached hydrogens (tertiary/aromatic N) is 1. The monoisotopic (exact) mass is 376 g/mol. The number of phenols is 2. The van der Waals surface area contributed by atoms with E-state index in [1.807, 2.05) is 6.07 Å². The summed E-state index contributed by atoms with van der Waals surface area (Å²) in [6.45, 7) is 0. The second-order valence-corrected chi connectivity index (χ2v) is 6.18. The van der Waals surface area contributed by atoms with E-state index in [1.54, 1.807) is 24.3 Å². The fourth-order valence-corrected chi connectivity index (χ4v) is 3.23. The Morgan fingerprint density at radius 3 is 2.21 bits per heavy atom. The van der Waals surface area contributed by atoms with Crippen molar-refractivity contribution in [1.29, 1.82) is 0 Å². The molecule has 28 heavy (non-hydrogen) atoms. The first-order chi connectivity index (χ1) is 13.4. The summed E-state index contributed by atoms with van der Waals surface area (Å²) in [5.41, 5.74) is -0.640. The van der Waals surface area contributed by atoms with Crippen LogP contribution in [-0.2, 0) is 0 Å². The van der Waals surface area contributed by atoms with Gasteiger partial charge in [-0.3, -0.25) is 19.7 Å². The number of carbonyl (C=O) groups excluding carboxylic acids is 2. The van der Waals surface area contributed by atoms with Gasteiger partial charge < -0.3 is 15.5 Å². The Morgan fingerprint density at radius 2 is 1.54 bits per heavy atom. The molecule has 0 spiro atoms. The fourth-order valence-electron chi connectivity index (χ4n) is 3.23. The van der Waals surface area contributed by atoms with Gasteiger partial charge in [-0.25, -0.2) is 0 Å². The summed E-state index contributed by atoms with van der Waals surface area (Å²) in [7, 11) is 0. The molecule has 4 rings (SSSR count). The highest BCUT2D eigenvalue weighted by atomic mass is 16.6. The fraction of sp³-hybridized carbons (Fsp3) is 0. The highest BCUT2D eigenvalue weighted by Crippen LogP contribution is 2.41. The molecule has 0 unspecified atom stereocenters. The number of para-hydroxylation sites is 1. The molecule has 0 saturated carbocycles. The molecule has 8 nitrogen and oxygen atoms in total. The number of rotatable bonds is 3. The minimum absolute atomic E-state index is 0.106. The van der Waals surface area contributed by atoms with E-state index in [9.17, 15) is 29.9 Å². The zero-order valence-corrected chi connectivity index (χ0v) is 14.2. The first kappa shape index (κ1) is 17.2. The van der Waals surface area contributed by atoms with Crippen molar-refractivity contribution in [3.63, 3.8) is 0 Å². The number of fused-ring (bicyclic) bond motifs is 2. The van der Waals surface area contributed by atoms with E-state index in [-0.39, 0.29) is 27.9 Å². The normalized spacial score (nSPS) is 12.3. The Labute approximate surface area is 157 Å². The van der Waals surface area contributed by atoms with E-state index in [2.05, 4.69) is 5.32 Å². The van der Waals surface area contributed by atoms with Crippen LogP contribution in [0, 0.1) is 10.1 Å². The third-order valence-corrected chi connectivity index (χ3v) is 4.48. The van der Waals surface area contributed by atoms with Gasteiger partial charge in [0.25, 0.3) is 5.69 Å². The molecule has 1 aliphatic carbocycles. The third-order valence-electron chi connectivity index (χ3n) is 4.48. The molecule has 0 bridgehead atoms. The number of non-ortho nitro benzene ring substituents is 1. The van der Waals surface area contributed by atoms with E-state index >= 15 is 0 Å². The number of anilines is 2. The quantitative estimate of drug-likeness (QED) is 0.283. The van der Waals surface area contributed by atoms with Crippen LogP contribution < -0.4 is 5.32 Å². The van der Waals surface area contributed by atoms with E-state index in [4.69, 9.17) is 0 Å². The number of carbonyl (C=O) groups is 2. The number of benzene rings is 3. The van der Waals surface area contributed by atoms with Crippen LogP contribution in [-0.4, -0.2) is 26.7 Å². The van der Waals surface area contributed by atoms with Crippen LogP contribution in [0.4, 0.5) is 17.1 Å². The maximum absolute atomic E-state index is 13.1. The summed E-state index contributed by atoms with van der Waals surface area (Å²) < 4.78 is 0. The second-order valence-electron chi connectivity index (χ2n) is 6.18. The van der Waals surface area contributed by atoms with Crippen molar-refractivity contribution in [2.24, 2.45) is 0 Å². The molecule has 0 aliphatic heterocycles. The molecule has 0 fully saturated rings. The largest absolute Gasteiger partial charge is 0.507 e. The molecule has 0 aromatic heterocycles. The Balaban J connectivity index is 1.94. The first-order valence-corrected chi connectivity index (χ1v) is 8.17. The lowest BCUT2D eigenvalue weighted by Crippen LogP contribution is -2.22. The number of hydrogen-bond acceptors (Lipinski definition) is 7. The van der Waals surface area contributed by atoms with Crippen LogP contribution >= 0.6 is 0 Å². The van der Waals surface area contributed by atoms with Gasteiger partial charge in [-0.15, -0.1) is 0 Å². The predicted octanol–water partition coefficient (Wildman–Crippen LogP) is 3.53. The SMILES string of the molecule is O=C1c2cc([N+](=O)[O-])cc(O)c2C(=O)c2c(Nc3ccccc3)ccc(O)c21. The van der Waals surface area contributed by atoms with Crippen LogP contribution in [0.1, 0.15) is 31.8 Å². The molecule has 3 aromatic rings. The number of nitro benzene ring substituents is 1. The smallest absolute Gasteiger partial charge is 0.273 e. The van der Waals surface area contributed by atoms with Gasteiger partial charge in [-0.2, -0.15) is 0 Å². The van der Waals surface area contributed by atoms with Crippen molar-refractivity contribution in [2.45, 2.75) is 0 Å². The lowest BCUT2D eigenvalue weighted by molar-refractivity contribution is -0.385. The van der Waals surface area contributed by atoms with E-state index in [0.717, 1.165) is 12.1 Å². The summed E-state index contributed by atoms with van der Waals surface area (Å²) in [6.07, 6.45) is 0. The van der Waals surface area contributed by atoms with Crippen LogP contribution in [0.2, 0.25) is 0 Å². The minimum Gasteiger partial charge on any atom is -0.507 e. The number of ketones is 2. The van der Waals surface area contributed by atoms with Crippen LogP contribution in [0.5, 0.6) is 11.5 Å². The van der Waals surface area contributed by atoms with E-state index < -0.39 is 33.7 Å². The zero-order chi connectivity index (χ0) is 20.0. The first-order valence-electron chi connectivity index (χ1n) is 8.17. The maximum atomic E-state index is 13.1. The number of phenolic OH excluding ortho intramolecular Hbond substituents is 2. The van der Waals surface area contributed by atoms with Crippen molar-refractivity contribution >= 4 is 28.6 Å². The Morgan fingerprint density at radius 1 is 0.821 bits per heavy atom. The van der Waals surface area contributed by atoms with Crippen LogP contribution in [0.25, 0.3) is 0 Å². The molecule has 1 aliphatic rings. The average Bonchev–Trinajstić information content (AvgIpc) is 2.67. The standard InChI is InChI=1S/C20H12N2O6/c23-14-7-6-13(21-10-4-2-1-3-5-10)17-18(14)19(25)12-8-11(22(27)28)9-15(24)16(12)20(17)26/h1-9,21,23-24H. The molecule has 3 aromatic carbocycles. The number of nitro groups is 1. The van der Waals surface area contributed by atoms with Gasteiger partial charge in [0.2, 0.25) is 0 Å². The molecule has 0 radical (unpaired) electrons. The Bertz CT molecular complexity index is 1170. The Kier molecular flexibility index (Phi) is 3.82. The molecule has 0 atom stereocenters. The Hall–Kier alpha value is -4.20. The predicted molar refractivity (Wildman–Crippen MR) is 99.5 cm³/mol. The molecular weight excluding hydrogens is 364 g/mol. The number of nitrogens with one attached hydrogen (secondary N) is 1. The summed E-state index contributed by atoms with van der Waals surface area (Å²) in [6, 6.07) is 13.3. The van der Waals surface area contributed by atoms with Gasteiger partial charge in [-0.05, 0) is 24.3 Å². The highest BCUT2D eigenvalue weighted by molar-refractivity contribution is 6.32. The van der Waals surface area contributed by atoms with Gasteiger partial charge in [0, 0.05) is 17.3 Å². The highest BCUT2D eigenvalue weighted by Gasteiger charge is 2.37. The summed E-state index contributed by atoms with van der Waals surface area (Å²) in [5, 5.41) is 34.5. The lowest BCUT2D eigenvalue weighted by Gasteiger charge is -2.22. The maximum Gasteiger partial charge on any atom is 0.273 e. The van der Waals surface area contributed by atoms with Crippen molar-refractivity contribution in [3.05, 3.63) is 87.0 Å². The zero-order valence-electron chi connectivity index (χ0n) is 14.2. The van der Waals surface area contributed by atoms with Gasteiger partial charge in [0.05, 0.1) is 33.4 Å². The minimum atomic E-state index is -0.780. The van der Waals surface area contributed by atoms with Crippen molar-refractivity contribution in [3.8, 4) is 11.5 Å². The topological polar surface area (TPSA) is 130 Å². The molecule has 0 amide bonds. The van der Waals surface area contributed by atoms with Gasteiger partial charge in [0.15, 0.2) is 11.6 Å². The van der Waals surface area contributed by atoms with Crippen molar-refractivity contribution < 1.29 is 24.7 Å². The second kappa shape index (κ2) is 6.20. The summed E-state index contributed by atoms with van der Waals surface area (Å²) in [4.78, 5) is 36.3. The molecule has 138 valence electrons. The summed E-state index contributed by atoms with van der Waals surface area (Å²) in [5.74, 6) is -2.59. The van der Waals surface area contributed by atoms with Crippen LogP contribution in [0.3, 0.4) is 0 Å². The third kappa shape index (κ3) is 2.55. The number of hydrogen-bond donors (Lipinski definition) is 3. The van der Waals surface area contributed by atoms with Crippen molar-refractivity contribution in [1.82, 2.24) is 0 Å². The van der Waals surface area contributed by atoms with Gasteiger partial charge in [-0.1, -0.05) is 18.2 Å². The van der Waals surface area contributed by atoms with Crippen molar-refractivity contribution in [2.75, 3.05) is 5.32 Å². The molecule has 3 N–H and O–H groups in total. The van der Waals surface area contributed by atoms with Gasteiger partial charge >= 0.3 is 0 Å². The molecule has 8 heteroatoms. The van der Waals surface area contributed by atoms with Gasteiger partial charge in [0.1, 0.15) is 11.5 Å². The summed E-state index contributed by atoms with van der Waals surface area (Å²) >= 11 is 0.